The van der Waals surface area contributed by atoms with Crippen molar-refractivity contribution in [2.45, 2.75) is 26.4 Å². The first kappa shape index (κ1) is 13.7. The zero-order valence-electron chi connectivity index (χ0n) is 11.3. The Kier molecular flexibility index (Phi) is 4.27. The lowest BCUT2D eigenvalue weighted by Crippen LogP contribution is -2.43. The molecule has 0 fully saturated rings. The maximum atomic E-state index is 11.8. The van der Waals surface area contributed by atoms with Crippen molar-refractivity contribution in [1.29, 1.82) is 0 Å². The first-order valence-electron chi connectivity index (χ1n) is 6.49. The molecule has 0 bridgehead atoms. The van der Waals surface area contributed by atoms with Gasteiger partial charge in [0, 0.05) is 6.54 Å². The van der Waals surface area contributed by atoms with Crippen LogP contribution in [0.5, 0.6) is 11.5 Å². The van der Waals surface area contributed by atoms with Gasteiger partial charge in [-0.25, -0.2) is 0 Å². The summed E-state index contributed by atoms with van der Waals surface area (Å²) >= 11 is 0. The summed E-state index contributed by atoms with van der Waals surface area (Å²) in [6.45, 7) is 5.42. The molecule has 0 spiro atoms. The van der Waals surface area contributed by atoms with E-state index in [4.69, 9.17) is 15.2 Å². The number of nitrogens with two attached hydrogens (primary N) is 1. The van der Waals surface area contributed by atoms with Crippen LogP contribution in [0.3, 0.4) is 0 Å². The molecule has 1 aromatic carbocycles. The lowest BCUT2D eigenvalue weighted by molar-refractivity contribution is -0.123. The van der Waals surface area contributed by atoms with Gasteiger partial charge in [0.15, 0.2) is 11.5 Å². The maximum absolute atomic E-state index is 11.8. The molecule has 0 saturated heterocycles. The molecule has 3 N–H and O–H groups in total. The summed E-state index contributed by atoms with van der Waals surface area (Å²) in [6.07, 6.45) is 0. The van der Waals surface area contributed by atoms with Gasteiger partial charge in [-0.1, -0.05) is 19.9 Å². The second kappa shape index (κ2) is 5.93. The molecule has 0 aliphatic carbocycles. The number of amides is 1. The molecule has 5 nitrogen and oxygen atoms in total. The number of benzene rings is 1. The fourth-order valence-electron chi connectivity index (χ4n) is 1.81. The summed E-state index contributed by atoms with van der Waals surface area (Å²) < 4.78 is 10.9. The smallest absolute Gasteiger partial charge is 0.237 e. The molecule has 2 rings (SSSR count). The molecule has 1 heterocycles. The van der Waals surface area contributed by atoms with Crippen LogP contribution in [0.2, 0.25) is 0 Å². The third kappa shape index (κ3) is 3.38. The van der Waals surface area contributed by atoms with Crippen molar-refractivity contribution in [1.82, 2.24) is 5.32 Å². The van der Waals surface area contributed by atoms with Gasteiger partial charge in [0.05, 0.1) is 6.04 Å². The molecule has 5 heteroatoms. The van der Waals surface area contributed by atoms with Crippen molar-refractivity contribution in [3.8, 4) is 11.5 Å². The Labute approximate surface area is 113 Å². The molecule has 19 heavy (non-hydrogen) atoms. The molecule has 1 aromatic rings. The highest BCUT2D eigenvalue weighted by atomic mass is 16.6. The van der Waals surface area contributed by atoms with E-state index < -0.39 is 6.04 Å². The van der Waals surface area contributed by atoms with Gasteiger partial charge < -0.3 is 20.5 Å². The number of fused-ring (bicyclic) bond motifs is 1. The van der Waals surface area contributed by atoms with E-state index >= 15 is 0 Å². The molecule has 1 atom stereocenters. The summed E-state index contributed by atoms with van der Waals surface area (Å²) in [5, 5.41) is 2.83. The summed E-state index contributed by atoms with van der Waals surface area (Å²) in [5.74, 6) is 1.47. The Morgan fingerprint density at radius 1 is 1.32 bits per heavy atom. The van der Waals surface area contributed by atoms with E-state index in [1.165, 1.54) is 0 Å². The molecule has 0 unspecified atom stereocenters. The third-order valence-corrected chi connectivity index (χ3v) is 3.09. The van der Waals surface area contributed by atoms with Gasteiger partial charge in [0.2, 0.25) is 5.91 Å². The van der Waals surface area contributed by atoms with E-state index in [0.717, 1.165) is 17.1 Å². The van der Waals surface area contributed by atoms with E-state index in [-0.39, 0.29) is 11.8 Å². The average molecular weight is 264 g/mol. The van der Waals surface area contributed by atoms with Crippen LogP contribution in [0.25, 0.3) is 0 Å². The molecule has 1 aliphatic rings. The minimum atomic E-state index is -0.475. The lowest BCUT2D eigenvalue weighted by Gasteiger charge is -2.19. The fraction of sp³-hybridized carbons (Fsp3) is 0.500. The van der Waals surface area contributed by atoms with Crippen LogP contribution < -0.4 is 20.5 Å². The Hall–Kier alpha value is -1.75. The van der Waals surface area contributed by atoms with Gasteiger partial charge in [-0.15, -0.1) is 0 Å². The number of carbonyl (C=O) groups excluding carboxylic acids is 1. The van der Waals surface area contributed by atoms with Gasteiger partial charge in [0.1, 0.15) is 13.2 Å². The molecule has 104 valence electrons. The number of rotatable bonds is 4. The van der Waals surface area contributed by atoms with Gasteiger partial charge in [-0.05, 0) is 23.6 Å². The highest BCUT2D eigenvalue weighted by Gasteiger charge is 2.17. The number of hydrogen-bond donors (Lipinski definition) is 2. The van der Waals surface area contributed by atoms with Crippen molar-refractivity contribution in [2.75, 3.05) is 13.2 Å². The summed E-state index contributed by atoms with van der Waals surface area (Å²) in [5.41, 5.74) is 6.74. The molecule has 0 saturated carbocycles. The van der Waals surface area contributed by atoms with Crippen molar-refractivity contribution >= 4 is 5.91 Å². The fourth-order valence-corrected chi connectivity index (χ4v) is 1.81. The predicted molar refractivity (Wildman–Crippen MR) is 72.1 cm³/mol. The van der Waals surface area contributed by atoms with E-state index in [1.807, 2.05) is 32.0 Å². The molecule has 0 radical (unpaired) electrons. The number of hydrogen-bond acceptors (Lipinski definition) is 4. The first-order chi connectivity index (χ1) is 9.08. The van der Waals surface area contributed by atoms with Crippen LogP contribution in [0, 0.1) is 5.92 Å². The van der Waals surface area contributed by atoms with E-state index in [2.05, 4.69) is 5.32 Å². The van der Waals surface area contributed by atoms with Crippen molar-refractivity contribution in [2.24, 2.45) is 11.7 Å². The Morgan fingerprint density at radius 2 is 2.00 bits per heavy atom. The number of nitrogens with one attached hydrogen (secondary N) is 1. The zero-order valence-corrected chi connectivity index (χ0v) is 11.3. The van der Waals surface area contributed by atoms with Gasteiger partial charge in [0.25, 0.3) is 0 Å². The molecule has 1 aliphatic heterocycles. The first-order valence-corrected chi connectivity index (χ1v) is 6.49. The van der Waals surface area contributed by atoms with E-state index in [1.54, 1.807) is 0 Å². The van der Waals surface area contributed by atoms with E-state index in [0.29, 0.717) is 19.8 Å². The Balaban J connectivity index is 1.95. The normalized spacial score (nSPS) is 15.2. The third-order valence-electron chi connectivity index (χ3n) is 3.09. The van der Waals surface area contributed by atoms with Crippen molar-refractivity contribution in [3.63, 3.8) is 0 Å². The maximum Gasteiger partial charge on any atom is 0.237 e. The summed E-state index contributed by atoms with van der Waals surface area (Å²) in [4.78, 5) is 11.8. The van der Waals surface area contributed by atoms with Crippen LogP contribution in [0.1, 0.15) is 19.4 Å². The number of carbonyl (C=O) groups is 1. The average Bonchev–Trinajstić information content (AvgIpc) is 2.43. The standard InChI is InChI=1S/C14H20N2O3/c1-9(2)13(15)14(17)16-8-10-3-4-11-12(7-10)19-6-5-18-11/h3-4,7,9,13H,5-6,8,15H2,1-2H3,(H,16,17)/t13-/m0/s1. The second-order valence-corrected chi connectivity index (χ2v) is 4.97. The van der Waals surface area contributed by atoms with Crippen LogP contribution in [0.15, 0.2) is 18.2 Å². The predicted octanol–water partition coefficient (Wildman–Crippen LogP) is 1.06. The quantitative estimate of drug-likeness (QED) is 0.852. The minimum absolute atomic E-state index is 0.125. The van der Waals surface area contributed by atoms with Crippen LogP contribution in [0.4, 0.5) is 0 Å². The van der Waals surface area contributed by atoms with Crippen LogP contribution in [-0.2, 0) is 11.3 Å². The monoisotopic (exact) mass is 264 g/mol. The number of ether oxygens (including phenoxy) is 2. The topological polar surface area (TPSA) is 73.6 Å². The van der Waals surface area contributed by atoms with Crippen LogP contribution in [-0.4, -0.2) is 25.2 Å². The zero-order chi connectivity index (χ0) is 13.8. The molecular weight excluding hydrogens is 244 g/mol. The van der Waals surface area contributed by atoms with Crippen LogP contribution >= 0.6 is 0 Å². The van der Waals surface area contributed by atoms with Gasteiger partial charge >= 0.3 is 0 Å². The summed E-state index contributed by atoms with van der Waals surface area (Å²) in [7, 11) is 0. The second-order valence-electron chi connectivity index (χ2n) is 4.97. The Morgan fingerprint density at radius 3 is 2.68 bits per heavy atom. The minimum Gasteiger partial charge on any atom is -0.486 e. The highest BCUT2D eigenvalue weighted by Crippen LogP contribution is 2.30. The van der Waals surface area contributed by atoms with Crippen molar-refractivity contribution in [3.05, 3.63) is 23.8 Å². The SMILES string of the molecule is CC(C)[C@H](N)C(=O)NCc1ccc2c(c1)OCCO2. The molecule has 1 amide bonds. The summed E-state index contributed by atoms with van der Waals surface area (Å²) in [6, 6.07) is 5.18. The molecule has 0 aromatic heterocycles. The largest absolute Gasteiger partial charge is 0.486 e. The van der Waals surface area contributed by atoms with Gasteiger partial charge in [-0.2, -0.15) is 0 Å². The molecular formula is C14H20N2O3. The van der Waals surface area contributed by atoms with Gasteiger partial charge in [-0.3, -0.25) is 4.79 Å². The highest BCUT2D eigenvalue weighted by molar-refractivity contribution is 5.81. The van der Waals surface area contributed by atoms with E-state index in [9.17, 15) is 4.79 Å². The van der Waals surface area contributed by atoms with Crippen molar-refractivity contribution < 1.29 is 14.3 Å². The Bertz CT molecular complexity index is 460. The lowest BCUT2D eigenvalue weighted by atomic mass is 10.0.